The molecule has 3 aromatic heterocycles. The summed E-state index contributed by atoms with van der Waals surface area (Å²) in [7, 11) is -5.38. The molecule has 2 aliphatic rings. The number of anilines is 1. The second-order valence-electron chi connectivity index (χ2n) is 22.8. The van der Waals surface area contributed by atoms with E-state index < -0.39 is 106 Å². The first-order chi connectivity index (χ1) is 40.8. The second-order valence-corrected chi connectivity index (χ2v) is 34.2. The highest BCUT2D eigenvalue weighted by Gasteiger charge is 2.59. The number of ether oxygens (including phenoxy) is 4. The van der Waals surface area contributed by atoms with Crippen LogP contribution in [0, 0.1) is 0 Å². The van der Waals surface area contributed by atoms with Gasteiger partial charge in [0.2, 0.25) is 0 Å². The topological polar surface area (TPSA) is 222 Å². The van der Waals surface area contributed by atoms with E-state index in [0.717, 1.165) is 20.7 Å². The normalized spacial score (nSPS) is 21.9. The largest absolute Gasteiger partial charge is 0.405 e. The van der Waals surface area contributed by atoms with Crippen LogP contribution in [0.15, 0.2) is 186 Å². The number of halogens is 1. The molecular weight excluding hydrogens is 1160 g/mol. The molecule has 0 spiro atoms. The van der Waals surface area contributed by atoms with Gasteiger partial charge in [0.05, 0.1) is 32.8 Å². The number of imidazole rings is 1. The van der Waals surface area contributed by atoms with Crippen LogP contribution in [0.25, 0.3) is 11.2 Å². The lowest BCUT2D eigenvalue weighted by molar-refractivity contribution is -0.0813. The number of carbonyl (C=O) groups is 1. The second kappa shape index (κ2) is 25.8. The number of fused-ring (bicyclic) bond motifs is 1. The Kier molecular flexibility index (Phi) is 18.7. The van der Waals surface area contributed by atoms with E-state index in [1.165, 1.54) is 41.2 Å². The summed E-state index contributed by atoms with van der Waals surface area (Å²) in [5, 5.41) is 5.37. The standard InChI is InChI=1S/C61H69FN7O12PSSi2/c1-60(2,3)84(42-25-15-9-16-26-42,43-27-17-10-18-28-43)77-38-47-52(53(75-36-35-74-7)58(79-47)68-34-33-48(70)66-59(68)72)80-82(73,83)76-37-46-51(81-85(61(4,5)6,44-29-19-11-20-30-44)45-31-21-12-22-32-45)49(62)57(78-46)69-40-65-50-54(63-39-64-55(50)69)67-56(71)41-23-13-8-14-24-41/h8-34,39-40,46-47,49,51-53,57-58H,35-38H2,1-7H3,(H,73,83)(H,66,70,72)(H,63,64,67,71)/t46-,47-,49-,51-,52-,53-,57-,58-,82+/m1/s1. The van der Waals surface area contributed by atoms with Crippen molar-refractivity contribution in [2.45, 2.75) is 101 Å². The van der Waals surface area contributed by atoms with E-state index >= 15 is 4.39 Å². The minimum Gasteiger partial charge on any atom is -0.405 e. The van der Waals surface area contributed by atoms with Gasteiger partial charge in [-0.15, -0.1) is 0 Å². The zero-order chi connectivity index (χ0) is 60.2. The number of aromatic amines is 1. The number of methoxy groups -OCH3 is 1. The SMILES string of the molecule is COCCO[C@@H]1[C@H](O[P@@](O)(=S)OC[C@H]2O[C@@H](n3cnc4c(NC(=O)c5ccccc5)ncnc43)[C@H](F)[C@@H]2O[Si](c2ccccc2)(c2ccccc2)C(C)(C)C)[C@@H](CO[Si](c2ccccc2)(c2ccccc2)C(C)(C)C)O[C@H]1n1ccc(=O)[nH]c1=O. The third kappa shape index (κ3) is 12.7. The van der Waals surface area contributed by atoms with Crippen LogP contribution in [0.5, 0.6) is 0 Å². The van der Waals surface area contributed by atoms with Gasteiger partial charge < -0.3 is 42.5 Å². The summed E-state index contributed by atoms with van der Waals surface area (Å²) >= 11 is 5.96. The molecule has 2 saturated heterocycles. The maximum atomic E-state index is 18.4. The highest BCUT2D eigenvalue weighted by molar-refractivity contribution is 8.07. The van der Waals surface area contributed by atoms with Crippen molar-refractivity contribution in [3.8, 4) is 0 Å². The van der Waals surface area contributed by atoms with Gasteiger partial charge in [-0.1, -0.05) is 181 Å². The van der Waals surface area contributed by atoms with Crippen molar-refractivity contribution in [2.24, 2.45) is 0 Å². The molecule has 85 heavy (non-hydrogen) atoms. The van der Waals surface area contributed by atoms with Crippen molar-refractivity contribution in [2.75, 3.05) is 38.9 Å². The Morgan fingerprint density at radius 2 is 1.22 bits per heavy atom. The van der Waals surface area contributed by atoms with E-state index in [4.69, 9.17) is 48.7 Å². The quantitative estimate of drug-likeness (QED) is 0.0356. The molecule has 446 valence electrons. The minimum absolute atomic E-state index is 0.0262. The summed E-state index contributed by atoms with van der Waals surface area (Å²) in [6, 6.07) is 49.2. The highest BCUT2D eigenvalue weighted by atomic mass is 32.5. The van der Waals surface area contributed by atoms with E-state index in [1.807, 2.05) is 121 Å². The van der Waals surface area contributed by atoms with Gasteiger partial charge in [-0.2, -0.15) is 0 Å². The predicted octanol–water partition coefficient (Wildman–Crippen LogP) is 6.93. The van der Waals surface area contributed by atoms with Gasteiger partial charge in [0.15, 0.2) is 35.6 Å². The fourth-order valence-corrected chi connectivity index (χ4v) is 22.3. The molecule has 0 radical (unpaired) electrons. The lowest BCUT2D eigenvalue weighted by atomic mass is 10.1. The van der Waals surface area contributed by atoms with E-state index in [9.17, 15) is 19.3 Å². The number of rotatable bonds is 22. The molecular formula is C61H69FN7O12PSSi2. The van der Waals surface area contributed by atoms with E-state index in [0.29, 0.717) is 5.56 Å². The zero-order valence-corrected chi connectivity index (χ0v) is 51.8. The first-order valence-electron chi connectivity index (χ1n) is 27.9. The number of hydrogen-bond acceptors (Lipinski definition) is 15. The molecule has 1 amide bonds. The molecule has 10 rings (SSSR count). The maximum Gasteiger partial charge on any atom is 0.330 e. The number of carbonyl (C=O) groups excluding carboxylic acids is 1. The summed E-state index contributed by atoms with van der Waals surface area (Å²) in [5.41, 5.74) is -0.728. The van der Waals surface area contributed by atoms with Crippen molar-refractivity contribution < 1.29 is 50.9 Å². The first-order valence-corrected chi connectivity index (χ1v) is 34.3. The van der Waals surface area contributed by atoms with Crippen molar-refractivity contribution in [1.29, 1.82) is 0 Å². The lowest BCUT2D eigenvalue weighted by Gasteiger charge is -2.45. The molecule has 24 heteroatoms. The summed E-state index contributed by atoms with van der Waals surface area (Å²) in [6.07, 6.45) is -7.17. The fraction of sp³-hybridized carbons (Fsp3) is 0.344. The average molecular weight is 1230 g/mol. The molecule has 5 heterocycles. The Bertz CT molecular complexity index is 3640. The highest BCUT2D eigenvalue weighted by Crippen LogP contribution is 2.51. The number of nitrogens with zero attached hydrogens (tertiary/aromatic N) is 5. The van der Waals surface area contributed by atoms with Crippen molar-refractivity contribution in [3.05, 3.63) is 203 Å². The summed E-state index contributed by atoms with van der Waals surface area (Å²) in [6.45, 7) is 7.37. The van der Waals surface area contributed by atoms with Gasteiger partial charge in [-0.3, -0.25) is 28.2 Å². The Balaban J connectivity index is 1.02. The molecule has 0 saturated carbocycles. The monoisotopic (exact) mass is 1230 g/mol. The average Bonchev–Trinajstić information content (AvgIpc) is 1.88. The van der Waals surface area contributed by atoms with Gasteiger partial charge in [-0.25, -0.2) is 24.1 Å². The van der Waals surface area contributed by atoms with Gasteiger partial charge in [0.1, 0.15) is 36.8 Å². The molecule has 8 aromatic rings. The first kappa shape index (κ1) is 61.5. The van der Waals surface area contributed by atoms with Gasteiger partial charge >= 0.3 is 12.4 Å². The lowest BCUT2D eigenvalue weighted by Crippen LogP contribution is -2.69. The minimum atomic E-state index is -4.54. The van der Waals surface area contributed by atoms with Gasteiger partial charge in [0.25, 0.3) is 28.1 Å². The molecule has 0 unspecified atom stereocenters. The molecule has 3 N–H and O–H groups in total. The number of aromatic nitrogens is 6. The van der Waals surface area contributed by atoms with Crippen LogP contribution in [0.1, 0.15) is 64.4 Å². The number of H-pyrrole nitrogens is 1. The molecule has 9 atom stereocenters. The molecule has 19 nitrogen and oxygen atoms in total. The third-order valence-corrected chi connectivity index (χ3v) is 27.0. The Labute approximate surface area is 498 Å². The van der Waals surface area contributed by atoms with Gasteiger partial charge in [0, 0.05) is 24.9 Å². The number of hydrogen-bond donors (Lipinski definition) is 3. The van der Waals surface area contributed by atoms with Crippen LogP contribution in [-0.2, 0) is 48.7 Å². The van der Waals surface area contributed by atoms with E-state index in [-0.39, 0.29) is 36.8 Å². The number of benzene rings is 5. The summed E-state index contributed by atoms with van der Waals surface area (Å²) in [4.78, 5) is 67.8. The van der Waals surface area contributed by atoms with Crippen LogP contribution in [0.4, 0.5) is 10.2 Å². The van der Waals surface area contributed by atoms with Crippen molar-refractivity contribution >= 4 is 78.8 Å². The maximum absolute atomic E-state index is 18.4. The number of nitrogens with one attached hydrogen (secondary N) is 2. The Morgan fingerprint density at radius 1 is 0.694 bits per heavy atom. The van der Waals surface area contributed by atoms with Crippen LogP contribution >= 0.6 is 6.72 Å². The fourth-order valence-electron chi connectivity index (χ4n) is 11.6. The zero-order valence-electron chi connectivity index (χ0n) is 48.1. The number of amides is 1. The third-order valence-electron chi connectivity index (χ3n) is 15.4. The summed E-state index contributed by atoms with van der Waals surface area (Å²) in [5.74, 6) is -0.350. The molecule has 0 aliphatic carbocycles. The Hall–Kier alpha value is -6.55. The van der Waals surface area contributed by atoms with Crippen LogP contribution in [0.2, 0.25) is 10.1 Å². The molecule has 2 aliphatic heterocycles. The van der Waals surface area contributed by atoms with Gasteiger partial charge in [-0.05, 0) is 54.8 Å². The van der Waals surface area contributed by atoms with Crippen LogP contribution in [0.3, 0.4) is 0 Å². The van der Waals surface area contributed by atoms with E-state index in [1.54, 1.807) is 30.3 Å². The predicted molar refractivity (Wildman–Crippen MR) is 329 cm³/mol. The molecule has 0 bridgehead atoms. The Morgan fingerprint density at radius 3 is 1.76 bits per heavy atom. The van der Waals surface area contributed by atoms with E-state index in [2.05, 4.69) is 66.8 Å². The van der Waals surface area contributed by atoms with Crippen LogP contribution in [-0.4, -0.2) is 127 Å². The number of alkyl halides is 1. The smallest absolute Gasteiger partial charge is 0.330 e. The van der Waals surface area contributed by atoms with Crippen molar-refractivity contribution in [3.63, 3.8) is 0 Å². The molecule has 5 aromatic carbocycles. The van der Waals surface area contributed by atoms with Crippen molar-refractivity contribution in [1.82, 2.24) is 29.1 Å². The molecule has 2 fully saturated rings. The summed E-state index contributed by atoms with van der Waals surface area (Å²) < 4.78 is 74.3. The van der Waals surface area contributed by atoms with Crippen LogP contribution < -0.4 is 37.3 Å².